The van der Waals surface area contributed by atoms with E-state index < -0.39 is 12.0 Å². The first kappa shape index (κ1) is 16.9. The van der Waals surface area contributed by atoms with Gasteiger partial charge in [0.15, 0.2) is 4.77 Å². The minimum absolute atomic E-state index is 0.241. The van der Waals surface area contributed by atoms with Crippen LogP contribution in [-0.2, 0) is 16.0 Å². The van der Waals surface area contributed by atoms with Gasteiger partial charge in [-0.25, -0.2) is 4.79 Å². The van der Waals surface area contributed by atoms with Crippen LogP contribution >= 0.6 is 23.6 Å². The van der Waals surface area contributed by atoms with Crippen LogP contribution in [0.3, 0.4) is 0 Å². The van der Waals surface area contributed by atoms with Crippen LogP contribution in [0.15, 0.2) is 10.9 Å². The quantitative estimate of drug-likeness (QED) is 0.496. The van der Waals surface area contributed by atoms with Crippen molar-refractivity contribution < 1.29 is 9.53 Å². The molecule has 0 aliphatic heterocycles. The van der Waals surface area contributed by atoms with Gasteiger partial charge in [0, 0.05) is 4.88 Å². The van der Waals surface area contributed by atoms with Crippen molar-refractivity contribution in [2.45, 2.75) is 46.1 Å². The Balaban J connectivity index is 2.40. The predicted octanol–water partition coefficient (Wildman–Crippen LogP) is 3.59. The molecule has 2 heterocycles. The molecule has 0 radical (unpaired) electrons. The second-order valence-electron chi connectivity index (χ2n) is 5.11. The molecule has 5 nitrogen and oxygen atoms in total. The number of fused-ring (bicyclic) bond motifs is 1. The van der Waals surface area contributed by atoms with Crippen molar-refractivity contribution in [3.63, 3.8) is 0 Å². The van der Waals surface area contributed by atoms with E-state index in [0.717, 1.165) is 29.0 Å². The average Bonchev–Trinajstić information content (AvgIpc) is 2.90. The van der Waals surface area contributed by atoms with Gasteiger partial charge in [0.2, 0.25) is 0 Å². The highest BCUT2D eigenvalue weighted by Crippen LogP contribution is 2.22. The lowest BCUT2D eigenvalue weighted by Gasteiger charge is -2.14. The molecule has 1 N–H and O–H groups in total. The molecule has 1 atom stereocenters. The first-order chi connectivity index (χ1) is 10.5. The molecule has 0 amide bonds. The summed E-state index contributed by atoms with van der Waals surface area (Å²) in [5, 5.41) is 0.573. The second-order valence-corrected chi connectivity index (χ2v) is 6.63. The number of ether oxygens (including phenoxy) is 1. The van der Waals surface area contributed by atoms with Gasteiger partial charge in [0.1, 0.15) is 10.9 Å². The molecule has 0 bridgehead atoms. The van der Waals surface area contributed by atoms with Gasteiger partial charge in [0.25, 0.3) is 5.56 Å². The number of esters is 1. The van der Waals surface area contributed by atoms with E-state index in [1.165, 1.54) is 15.9 Å². The first-order valence-corrected chi connectivity index (χ1v) is 8.65. The largest absolute Gasteiger partial charge is 0.464 e. The lowest BCUT2D eigenvalue weighted by Crippen LogP contribution is -2.30. The van der Waals surface area contributed by atoms with Gasteiger partial charge in [-0.15, -0.1) is 11.3 Å². The molecular formula is C15H20N2O3S2. The molecule has 0 saturated carbocycles. The zero-order valence-electron chi connectivity index (χ0n) is 13.0. The fourth-order valence-corrected chi connectivity index (χ4v) is 3.54. The van der Waals surface area contributed by atoms with E-state index in [2.05, 4.69) is 4.98 Å². The maximum Gasteiger partial charge on any atom is 0.329 e. The number of aromatic amines is 1. The second kappa shape index (κ2) is 7.19. The van der Waals surface area contributed by atoms with E-state index >= 15 is 0 Å². The van der Waals surface area contributed by atoms with E-state index in [0.29, 0.717) is 12.0 Å². The summed E-state index contributed by atoms with van der Waals surface area (Å²) in [5.74, 6) is -0.430. The van der Waals surface area contributed by atoms with Crippen LogP contribution < -0.4 is 5.56 Å². The highest BCUT2D eigenvalue weighted by molar-refractivity contribution is 7.71. The number of H-pyrrole nitrogens is 1. The van der Waals surface area contributed by atoms with Crippen molar-refractivity contribution in [3.8, 4) is 0 Å². The summed E-state index contributed by atoms with van der Waals surface area (Å²) in [6.45, 7) is 6.06. The molecule has 2 rings (SSSR count). The third-order valence-corrected chi connectivity index (χ3v) is 4.98. The van der Waals surface area contributed by atoms with Gasteiger partial charge in [-0.1, -0.05) is 20.3 Å². The minimum atomic E-state index is -0.734. The lowest BCUT2D eigenvalue weighted by atomic mass is 10.3. The summed E-state index contributed by atoms with van der Waals surface area (Å²) in [6.07, 6.45) is 2.61. The zero-order valence-corrected chi connectivity index (χ0v) is 14.6. The molecule has 120 valence electrons. The number of nitrogens with one attached hydrogen (secondary N) is 1. The number of hydrogen-bond donors (Lipinski definition) is 1. The van der Waals surface area contributed by atoms with Gasteiger partial charge >= 0.3 is 5.97 Å². The van der Waals surface area contributed by atoms with Crippen LogP contribution in [-0.4, -0.2) is 22.1 Å². The van der Waals surface area contributed by atoms with Crippen LogP contribution in [0, 0.1) is 4.77 Å². The summed E-state index contributed by atoms with van der Waals surface area (Å²) in [6, 6.07) is 1.13. The van der Waals surface area contributed by atoms with Crippen LogP contribution in [0.5, 0.6) is 0 Å². The summed E-state index contributed by atoms with van der Waals surface area (Å²) in [7, 11) is 0. The monoisotopic (exact) mass is 340 g/mol. The Morgan fingerprint density at radius 1 is 1.50 bits per heavy atom. The molecule has 22 heavy (non-hydrogen) atoms. The summed E-state index contributed by atoms with van der Waals surface area (Å²) >= 11 is 6.77. The first-order valence-electron chi connectivity index (χ1n) is 7.43. The van der Waals surface area contributed by atoms with E-state index in [9.17, 15) is 9.59 Å². The smallest absolute Gasteiger partial charge is 0.329 e. The number of carbonyl (C=O) groups is 1. The Hall–Kier alpha value is -1.47. The van der Waals surface area contributed by atoms with Crippen LogP contribution in [0.1, 0.15) is 44.5 Å². The number of hydrogen-bond acceptors (Lipinski definition) is 5. The fourth-order valence-electron chi connectivity index (χ4n) is 2.14. The molecule has 2 aromatic rings. The molecular weight excluding hydrogens is 320 g/mol. The van der Waals surface area contributed by atoms with Gasteiger partial charge in [-0.2, -0.15) is 0 Å². The Morgan fingerprint density at radius 2 is 2.23 bits per heavy atom. The summed E-state index contributed by atoms with van der Waals surface area (Å²) in [4.78, 5) is 29.6. The predicted molar refractivity (Wildman–Crippen MR) is 91.2 cm³/mol. The van der Waals surface area contributed by atoms with Crippen molar-refractivity contribution in [1.82, 2.24) is 9.55 Å². The van der Waals surface area contributed by atoms with Crippen LogP contribution in [0.4, 0.5) is 0 Å². The van der Waals surface area contributed by atoms with Gasteiger partial charge in [-0.05, 0) is 38.0 Å². The Kier molecular flexibility index (Phi) is 5.52. The normalized spacial score (nSPS) is 12.5. The van der Waals surface area contributed by atoms with Crippen LogP contribution in [0.25, 0.3) is 10.2 Å². The third-order valence-electron chi connectivity index (χ3n) is 3.49. The Labute approximate surface area is 137 Å². The third kappa shape index (κ3) is 3.30. The van der Waals surface area contributed by atoms with Crippen molar-refractivity contribution in [2.75, 3.05) is 6.61 Å². The van der Waals surface area contributed by atoms with Crippen molar-refractivity contribution in [1.29, 1.82) is 0 Å². The standard InChI is InChI=1S/C15H20N2O3S2/c1-4-6-7-20-14(19)9(3)17-13(18)11-8-10(5-2)22-12(11)16-15(17)21/h8-9H,4-7H2,1-3H3,(H,16,21). The molecule has 0 fully saturated rings. The SMILES string of the molecule is CCCCOC(=O)C(C)n1c(=S)[nH]c2sc(CC)cc2c1=O. The fraction of sp³-hybridized carbons (Fsp3) is 0.533. The summed E-state index contributed by atoms with van der Waals surface area (Å²) in [5.41, 5.74) is -0.241. The molecule has 1 unspecified atom stereocenters. The van der Waals surface area contributed by atoms with E-state index in [-0.39, 0.29) is 10.3 Å². The maximum atomic E-state index is 12.6. The molecule has 0 saturated heterocycles. The van der Waals surface area contributed by atoms with Crippen molar-refractivity contribution in [3.05, 3.63) is 26.1 Å². The zero-order chi connectivity index (χ0) is 16.3. The Morgan fingerprint density at radius 3 is 2.86 bits per heavy atom. The lowest BCUT2D eigenvalue weighted by molar-refractivity contribution is -0.147. The highest BCUT2D eigenvalue weighted by atomic mass is 32.1. The molecule has 0 aliphatic carbocycles. The van der Waals surface area contributed by atoms with Gasteiger partial charge < -0.3 is 9.72 Å². The minimum Gasteiger partial charge on any atom is -0.464 e. The Bertz CT molecular complexity index is 788. The van der Waals surface area contributed by atoms with E-state index in [1.807, 2.05) is 19.9 Å². The highest BCUT2D eigenvalue weighted by Gasteiger charge is 2.21. The van der Waals surface area contributed by atoms with Gasteiger partial charge in [-0.3, -0.25) is 9.36 Å². The average molecular weight is 340 g/mol. The number of carbonyl (C=O) groups excluding carboxylic acids is 1. The number of aromatic nitrogens is 2. The number of rotatable bonds is 6. The molecule has 7 heteroatoms. The van der Waals surface area contributed by atoms with Crippen molar-refractivity contribution >= 4 is 39.7 Å². The molecule has 0 aromatic carbocycles. The van der Waals surface area contributed by atoms with Gasteiger partial charge in [0.05, 0.1) is 12.0 Å². The molecule has 0 aliphatic rings. The number of aryl methyl sites for hydroxylation is 1. The van der Waals surface area contributed by atoms with Crippen molar-refractivity contribution in [2.24, 2.45) is 0 Å². The number of unbranched alkanes of at least 4 members (excludes halogenated alkanes) is 1. The van der Waals surface area contributed by atoms with E-state index in [1.54, 1.807) is 6.92 Å². The number of nitrogens with zero attached hydrogens (tertiary/aromatic N) is 1. The van der Waals surface area contributed by atoms with Crippen LogP contribution in [0.2, 0.25) is 0 Å². The molecule has 0 spiro atoms. The number of thiophene rings is 1. The molecule has 2 aromatic heterocycles. The maximum absolute atomic E-state index is 12.6. The summed E-state index contributed by atoms with van der Waals surface area (Å²) < 4.78 is 6.75. The topological polar surface area (TPSA) is 64.1 Å². The van der Waals surface area contributed by atoms with E-state index in [4.69, 9.17) is 17.0 Å².